The van der Waals surface area contributed by atoms with E-state index in [1.165, 1.54) is 0 Å². The van der Waals surface area contributed by atoms with E-state index in [0.717, 1.165) is 11.3 Å². The van der Waals surface area contributed by atoms with Crippen LogP contribution in [0.5, 0.6) is 0 Å². The van der Waals surface area contributed by atoms with Crippen molar-refractivity contribution in [3.63, 3.8) is 0 Å². The third-order valence-corrected chi connectivity index (χ3v) is 2.31. The lowest BCUT2D eigenvalue weighted by atomic mass is 10.0. The summed E-state index contributed by atoms with van der Waals surface area (Å²) in [5.41, 5.74) is 7.65. The third kappa shape index (κ3) is 4.21. The lowest BCUT2D eigenvalue weighted by Crippen LogP contribution is -2.39. The van der Waals surface area contributed by atoms with Gasteiger partial charge >= 0.3 is 0 Å². The van der Waals surface area contributed by atoms with Crippen molar-refractivity contribution in [2.75, 3.05) is 5.32 Å². The minimum Gasteiger partial charge on any atom is -0.325 e. The van der Waals surface area contributed by atoms with E-state index in [4.69, 9.17) is 5.73 Å². The molecule has 0 unspecified atom stereocenters. The fraction of sp³-hybridized carbons (Fsp3) is 0.417. The van der Waals surface area contributed by atoms with Crippen LogP contribution >= 0.6 is 12.4 Å². The van der Waals surface area contributed by atoms with Crippen LogP contribution in [0.15, 0.2) is 24.3 Å². The number of amides is 1. The van der Waals surface area contributed by atoms with Gasteiger partial charge in [-0.1, -0.05) is 26.0 Å². The van der Waals surface area contributed by atoms with Crippen LogP contribution in [-0.4, -0.2) is 11.9 Å². The molecule has 1 amide bonds. The van der Waals surface area contributed by atoms with Crippen molar-refractivity contribution >= 4 is 24.0 Å². The molecule has 1 atom stereocenters. The topological polar surface area (TPSA) is 55.1 Å². The van der Waals surface area contributed by atoms with Gasteiger partial charge in [-0.15, -0.1) is 12.4 Å². The SMILES string of the molecule is Cc1cccc(NC(=O)[C@H](N)C(C)C)c1.Cl. The smallest absolute Gasteiger partial charge is 0.241 e. The number of nitrogens with two attached hydrogens (primary N) is 1. The first-order valence-corrected chi connectivity index (χ1v) is 5.14. The summed E-state index contributed by atoms with van der Waals surface area (Å²) >= 11 is 0. The number of anilines is 1. The van der Waals surface area contributed by atoms with Gasteiger partial charge in [-0.25, -0.2) is 0 Å². The van der Waals surface area contributed by atoms with Crippen molar-refractivity contribution < 1.29 is 4.79 Å². The van der Waals surface area contributed by atoms with E-state index >= 15 is 0 Å². The van der Waals surface area contributed by atoms with Crippen LogP contribution in [-0.2, 0) is 4.79 Å². The predicted octanol–water partition coefficient (Wildman–Crippen LogP) is 2.34. The first-order valence-electron chi connectivity index (χ1n) is 5.14. The molecule has 0 radical (unpaired) electrons. The van der Waals surface area contributed by atoms with Gasteiger partial charge in [0.2, 0.25) is 5.91 Å². The Balaban J connectivity index is 0.00000225. The van der Waals surface area contributed by atoms with Crippen molar-refractivity contribution in [1.82, 2.24) is 0 Å². The number of hydrogen-bond donors (Lipinski definition) is 2. The molecule has 0 aliphatic rings. The quantitative estimate of drug-likeness (QED) is 0.855. The molecule has 0 bridgehead atoms. The molecule has 0 heterocycles. The Morgan fingerprint density at radius 1 is 1.38 bits per heavy atom. The van der Waals surface area contributed by atoms with Gasteiger partial charge in [0, 0.05) is 5.69 Å². The standard InChI is InChI=1S/C12H18N2O.ClH/c1-8(2)11(13)12(15)14-10-6-4-5-9(3)7-10;/h4-8,11H,13H2,1-3H3,(H,14,15);1H/t11-;/m1./s1. The number of rotatable bonds is 3. The van der Waals surface area contributed by atoms with E-state index in [2.05, 4.69) is 5.32 Å². The van der Waals surface area contributed by atoms with Gasteiger partial charge in [0.05, 0.1) is 6.04 Å². The van der Waals surface area contributed by atoms with E-state index in [1.807, 2.05) is 45.0 Å². The minimum atomic E-state index is -0.453. The molecule has 0 fully saturated rings. The van der Waals surface area contributed by atoms with Gasteiger partial charge in [0.1, 0.15) is 0 Å². The second kappa shape index (κ2) is 6.51. The summed E-state index contributed by atoms with van der Waals surface area (Å²) in [5.74, 6) is 0.0189. The normalized spacial score (nSPS) is 11.8. The summed E-state index contributed by atoms with van der Waals surface area (Å²) in [6.07, 6.45) is 0. The van der Waals surface area contributed by atoms with Crippen LogP contribution < -0.4 is 11.1 Å². The molecule has 4 heteroatoms. The molecule has 0 aliphatic heterocycles. The Hall–Kier alpha value is -1.06. The molecule has 0 saturated heterocycles. The highest BCUT2D eigenvalue weighted by molar-refractivity contribution is 5.94. The van der Waals surface area contributed by atoms with Crippen molar-refractivity contribution in [2.24, 2.45) is 11.7 Å². The number of halogens is 1. The summed E-state index contributed by atoms with van der Waals surface area (Å²) < 4.78 is 0. The Morgan fingerprint density at radius 3 is 2.50 bits per heavy atom. The summed E-state index contributed by atoms with van der Waals surface area (Å²) in [5, 5.41) is 2.80. The van der Waals surface area contributed by atoms with Crippen LogP contribution in [0.2, 0.25) is 0 Å². The molecule has 1 rings (SSSR count). The molecule has 0 aromatic heterocycles. The molecule has 3 N–H and O–H groups in total. The molecular formula is C12H19ClN2O. The highest BCUT2D eigenvalue weighted by atomic mass is 35.5. The van der Waals surface area contributed by atoms with Crippen LogP contribution in [0.1, 0.15) is 19.4 Å². The van der Waals surface area contributed by atoms with Crippen molar-refractivity contribution in [1.29, 1.82) is 0 Å². The molecule has 16 heavy (non-hydrogen) atoms. The maximum absolute atomic E-state index is 11.6. The number of hydrogen-bond acceptors (Lipinski definition) is 2. The monoisotopic (exact) mass is 242 g/mol. The van der Waals surface area contributed by atoms with Crippen LogP contribution in [0, 0.1) is 12.8 Å². The van der Waals surface area contributed by atoms with Gasteiger partial charge in [-0.3, -0.25) is 4.79 Å². The Labute approximate surface area is 103 Å². The summed E-state index contributed by atoms with van der Waals surface area (Å²) in [7, 11) is 0. The Bertz CT molecular complexity index is 353. The molecule has 90 valence electrons. The number of nitrogens with one attached hydrogen (secondary N) is 1. The van der Waals surface area contributed by atoms with E-state index in [0.29, 0.717) is 0 Å². The lowest BCUT2D eigenvalue weighted by molar-refractivity contribution is -0.118. The number of carbonyl (C=O) groups excluding carboxylic acids is 1. The highest BCUT2D eigenvalue weighted by Gasteiger charge is 2.16. The summed E-state index contributed by atoms with van der Waals surface area (Å²) in [6.45, 7) is 5.85. The van der Waals surface area contributed by atoms with E-state index in [1.54, 1.807) is 0 Å². The number of benzene rings is 1. The molecule has 0 aliphatic carbocycles. The summed E-state index contributed by atoms with van der Waals surface area (Å²) in [6, 6.07) is 7.22. The van der Waals surface area contributed by atoms with Gasteiger partial charge in [-0.05, 0) is 30.5 Å². The van der Waals surface area contributed by atoms with Crippen LogP contribution in [0.25, 0.3) is 0 Å². The molecule has 0 saturated carbocycles. The zero-order valence-electron chi connectivity index (χ0n) is 9.86. The molecule has 1 aromatic carbocycles. The van der Waals surface area contributed by atoms with Crippen molar-refractivity contribution in [2.45, 2.75) is 26.8 Å². The van der Waals surface area contributed by atoms with E-state index < -0.39 is 6.04 Å². The van der Waals surface area contributed by atoms with Gasteiger partial charge in [-0.2, -0.15) is 0 Å². The van der Waals surface area contributed by atoms with E-state index in [9.17, 15) is 4.79 Å². The van der Waals surface area contributed by atoms with Crippen LogP contribution in [0.3, 0.4) is 0 Å². The summed E-state index contributed by atoms with van der Waals surface area (Å²) in [4.78, 5) is 11.6. The third-order valence-electron chi connectivity index (χ3n) is 2.31. The van der Waals surface area contributed by atoms with Gasteiger partial charge in [0.25, 0.3) is 0 Å². The molecular weight excluding hydrogens is 224 g/mol. The highest BCUT2D eigenvalue weighted by Crippen LogP contribution is 2.10. The van der Waals surface area contributed by atoms with Crippen LogP contribution in [0.4, 0.5) is 5.69 Å². The number of carbonyl (C=O) groups is 1. The Morgan fingerprint density at radius 2 is 2.00 bits per heavy atom. The number of aryl methyl sites for hydroxylation is 1. The molecule has 3 nitrogen and oxygen atoms in total. The first-order chi connectivity index (χ1) is 7.00. The van der Waals surface area contributed by atoms with Crippen molar-refractivity contribution in [3.8, 4) is 0 Å². The zero-order chi connectivity index (χ0) is 11.4. The molecule has 1 aromatic rings. The Kier molecular flexibility index (Phi) is 6.08. The minimum absolute atomic E-state index is 0. The van der Waals surface area contributed by atoms with E-state index in [-0.39, 0.29) is 24.2 Å². The maximum atomic E-state index is 11.6. The first kappa shape index (κ1) is 14.9. The van der Waals surface area contributed by atoms with Gasteiger partial charge < -0.3 is 11.1 Å². The predicted molar refractivity (Wildman–Crippen MR) is 69.9 cm³/mol. The lowest BCUT2D eigenvalue weighted by Gasteiger charge is -2.15. The average molecular weight is 243 g/mol. The van der Waals surface area contributed by atoms with Gasteiger partial charge in [0.15, 0.2) is 0 Å². The second-order valence-corrected chi connectivity index (χ2v) is 4.13. The largest absolute Gasteiger partial charge is 0.325 e. The fourth-order valence-corrected chi connectivity index (χ4v) is 1.25. The second-order valence-electron chi connectivity index (χ2n) is 4.13. The maximum Gasteiger partial charge on any atom is 0.241 e. The zero-order valence-corrected chi connectivity index (χ0v) is 10.7. The average Bonchev–Trinajstić information content (AvgIpc) is 2.16. The fourth-order valence-electron chi connectivity index (χ4n) is 1.25. The van der Waals surface area contributed by atoms with Crippen molar-refractivity contribution in [3.05, 3.63) is 29.8 Å². The molecule has 0 spiro atoms.